The largest absolute Gasteiger partial charge is 0.494 e. The van der Waals surface area contributed by atoms with Crippen LogP contribution in [0.4, 0.5) is 0 Å². The first-order chi connectivity index (χ1) is 4.43. The van der Waals surface area contributed by atoms with E-state index in [0.717, 1.165) is 5.57 Å². The number of allylic oxidation sites excluding steroid dienone is 3. The Morgan fingerprint density at radius 2 is 2.44 bits per heavy atom. The summed E-state index contributed by atoms with van der Waals surface area (Å²) in [6.07, 6.45) is 9.53. The Morgan fingerprint density at radius 3 is 3.00 bits per heavy atom. The Morgan fingerprint density at radius 1 is 1.56 bits per heavy atom. The van der Waals surface area contributed by atoms with Gasteiger partial charge in [0, 0.05) is 12.8 Å². The van der Waals surface area contributed by atoms with Crippen LogP contribution in [-0.4, -0.2) is 0 Å². The maximum Gasteiger partial charge on any atom is 0.139 e. The van der Waals surface area contributed by atoms with Crippen LogP contribution in [-0.2, 0) is 4.74 Å². The fourth-order valence-corrected chi connectivity index (χ4v) is 0.640. The summed E-state index contributed by atoms with van der Waals surface area (Å²) in [5.41, 5.74) is 1.10. The van der Waals surface area contributed by atoms with Crippen molar-refractivity contribution in [2.45, 2.75) is 6.92 Å². The molecule has 3 radical (unpaired) electrons. The van der Waals surface area contributed by atoms with E-state index in [9.17, 15) is 0 Å². The molecule has 0 aromatic rings. The lowest BCUT2D eigenvalue weighted by molar-refractivity contribution is 0.339. The van der Waals surface area contributed by atoms with Gasteiger partial charge in [-0.15, -0.1) is 0 Å². The van der Waals surface area contributed by atoms with E-state index in [1.165, 1.54) is 0 Å². The van der Waals surface area contributed by atoms with E-state index in [1.54, 1.807) is 12.9 Å². The van der Waals surface area contributed by atoms with Crippen LogP contribution in [0.5, 0.6) is 0 Å². The van der Waals surface area contributed by atoms with Crippen LogP contribution >= 0.6 is 0 Å². The maximum atomic E-state index is 4.91. The molecule has 0 N–H and O–H groups in total. The van der Waals surface area contributed by atoms with Gasteiger partial charge in [0.05, 0.1) is 6.26 Å². The highest BCUT2D eigenvalue weighted by atomic mass is 16.5. The molecule has 0 saturated carbocycles. The minimum absolute atomic E-state index is 1.10. The van der Waals surface area contributed by atoms with Gasteiger partial charge in [0.15, 0.2) is 0 Å². The zero-order chi connectivity index (χ0) is 6.53. The summed E-state index contributed by atoms with van der Waals surface area (Å²) in [4.78, 5) is 0. The molecule has 0 fully saturated rings. The van der Waals surface area contributed by atoms with Crippen LogP contribution in [0.15, 0.2) is 24.0 Å². The quantitative estimate of drug-likeness (QED) is 0.516. The summed E-state index contributed by atoms with van der Waals surface area (Å²) < 4.78 is 4.91. The summed E-state index contributed by atoms with van der Waals surface area (Å²) in [7, 11) is 0. The molecule has 0 aromatic heterocycles. The standard InChI is InChI=1S/C8H9O/c1-2-4-8-5-3-6-9-7-8/h2-7H,1H3/b4-2+. The molecule has 1 aliphatic heterocycles. The van der Waals surface area contributed by atoms with E-state index in [2.05, 4.69) is 0 Å². The van der Waals surface area contributed by atoms with Crippen LogP contribution in [0.2, 0.25) is 0 Å². The second-order valence-electron chi connectivity index (χ2n) is 1.75. The van der Waals surface area contributed by atoms with E-state index in [0.29, 0.717) is 0 Å². The van der Waals surface area contributed by atoms with Crippen molar-refractivity contribution in [3.8, 4) is 0 Å². The Bertz CT molecular complexity index is 134. The molecule has 0 amide bonds. The molecule has 9 heavy (non-hydrogen) atoms. The molecular weight excluding hydrogens is 112 g/mol. The second kappa shape index (κ2) is 3.33. The van der Waals surface area contributed by atoms with Crippen LogP contribution in [0.3, 0.4) is 0 Å². The van der Waals surface area contributed by atoms with Crippen LogP contribution in [0.1, 0.15) is 6.92 Å². The van der Waals surface area contributed by atoms with Crippen molar-refractivity contribution in [1.29, 1.82) is 0 Å². The average Bonchev–Trinajstić information content (AvgIpc) is 1.91. The van der Waals surface area contributed by atoms with Crippen molar-refractivity contribution in [3.63, 3.8) is 0 Å². The molecule has 0 spiro atoms. The molecular formula is C8H9O. The topological polar surface area (TPSA) is 9.23 Å². The van der Waals surface area contributed by atoms with Gasteiger partial charge in [0.25, 0.3) is 0 Å². The molecule has 1 rings (SSSR count). The van der Waals surface area contributed by atoms with Gasteiger partial charge >= 0.3 is 0 Å². The Balaban J connectivity index is 2.46. The van der Waals surface area contributed by atoms with Gasteiger partial charge in [-0.1, -0.05) is 12.2 Å². The zero-order valence-electron chi connectivity index (χ0n) is 5.37. The van der Waals surface area contributed by atoms with Crippen LogP contribution in [0, 0.1) is 19.4 Å². The third kappa shape index (κ3) is 1.92. The maximum absolute atomic E-state index is 4.91. The molecule has 1 aliphatic rings. The van der Waals surface area contributed by atoms with E-state index in [-0.39, 0.29) is 0 Å². The van der Waals surface area contributed by atoms with Crippen molar-refractivity contribution in [1.82, 2.24) is 0 Å². The lowest BCUT2D eigenvalue weighted by Crippen LogP contribution is -1.93. The lowest BCUT2D eigenvalue weighted by Gasteiger charge is -2.07. The SMILES string of the molecule is C/C=C/C1=CO[CH][CH][CH]1. The first-order valence-electron chi connectivity index (χ1n) is 2.91. The van der Waals surface area contributed by atoms with Crippen LogP contribution < -0.4 is 0 Å². The summed E-state index contributed by atoms with van der Waals surface area (Å²) in [6, 6.07) is 0. The molecule has 0 bridgehead atoms. The van der Waals surface area contributed by atoms with E-state index in [1.807, 2.05) is 31.9 Å². The minimum Gasteiger partial charge on any atom is -0.494 e. The highest BCUT2D eigenvalue weighted by Gasteiger charge is 2.00. The summed E-state index contributed by atoms with van der Waals surface area (Å²) in [6.45, 7) is 3.62. The smallest absolute Gasteiger partial charge is 0.139 e. The van der Waals surface area contributed by atoms with Crippen molar-refractivity contribution in [2.75, 3.05) is 0 Å². The van der Waals surface area contributed by atoms with Crippen molar-refractivity contribution in [3.05, 3.63) is 43.4 Å². The van der Waals surface area contributed by atoms with Gasteiger partial charge in [-0.25, -0.2) is 0 Å². The second-order valence-corrected chi connectivity index (χ2v) is 1.75. The molecule has 47 valence electrons. The van der Waals surface area contributed by atoms with E-state index in [4.69, 9.17) is 4.74 Å². The Hall–Kier alpha value is -0.720. The Kier molecular flexibility index (Phi) is 2.37. The third-order valence-corrected chi connectivity index (χ3v) is 1.01. The van der Waals surface area contributed by atoms with Crippen molar-refractivity contribution >= 4 is 0 Å². The fraction of sp³-hybridized carbons (Fsp3) is 0.125. The fourth-order valence-electron chi connectivity index (χ4n) is 0.640. The first kappa shape index (κ1) is 6.40. The highest BCUT2D eigenvalue weighted by molar-refractivity contribution is 5.31. The van der Waals surface area contributed by atoms with Gasteiger partial charge in [0.1, 0.15) is 6.61 Å². The van der Waals surface area contributed by atoms with Gasteiger partial charge < -0.3 is 4.74 Å². The highest BCUT2D eigenvalue weighted by Crippen LogP contribution is 2.12. The summed E-state index contributed by atoms with van der Waals surface area (Å²) >= 11 is 0. The predicted octanol–water partition coefficient (Wildman–Crippen LogP) is 2.05. The monoisotopic (exact) mass is 121 g/mol. The molecule has 0 atom stereocenters. The number of rotatable bonds is 1. The molecule has 0 saturated heterocycles. The number of hydrogen-bond acceptors (Lipinski definition) is 1. The molecule has 1 nitrogen and oxygen atoms in total. The summed E-state index contributed by atoms with van der Waals surface area (Å²) in [5, 5.41) is 0. The average molecular weight is 121 g/mol. The van der Waals surface area contributed by atoms with Crippen LogP contribution in [0.25, 0.3) is 0 Å². The lowest BCUT2D eigenvalue weighted by atomic mass is 10.1. The van der Waals surface area contributed by atoms with Gasteiger partial charge in [-0.05, 0) is 12.5 Å². The first-order valence-corrected chi connectivity index (χ1v) is 2.91. The third-order valence-electron chi connectivity index (χ3n) is 1.01. The van der Waals surface area contributed by atoms with Crippen molar-refractivity contribution < 1.29 is 4.74 Å². The van der Waals surface area contributed by atoms with Crippen molar-refractivity contribution in [2.24, 2.45) is 0 Å². The van der Waals surface area contributed by atoms with Gasteiger partial charge in [-0.2, -0.15) is 0 Å². The number of ether oxygens (including phenoxy) is 1. The molecule has 1 heterocycles. The molecule has 0 aliphatic carbocycles. The molecule has 0 unspecified atom stereocenters. The van der Waals surface area contributed by atoms with E-state index < -0.39 is 0 Å². The normalized spacial score (nSPS) is 19.4. The van der Waals surface area contributed by atoms with Gasteiger partial charge in [-0.3, -0.25) is 0 Å². The van der Waals surface area contributed by atoms with E-state index >= 15 is 0 Å². The van der Waals surface area contributed by atoms with Gasteiger partial charge in [0.2, 0.25) is 0 Å². The minimum atomic E-state index is 1.10. The Labute approximate surface area is 56.0 Å². The molecule has 1 heteroatoms. The summed E-state index contributed by atoms with van der Waals surface area (Å²) in [5.74, 6) is 0. The number of hydrogen-bond donors (Lipinski definition) is 0. The predicted molar refractivity (Wildman–Crippen MR) is 36.9 cm³/mol. The molecule has 0 aromatic carbocycles. The zero-order valence-corrected chi connectivity index (χ0v) is 5.37.